The highest BCUT2D eigenvalue weighted by atomic mass is 16.6. The van der Waals surface area contributed by atoms with Crippen molar-refractivity contribution in [2.45, 2.75) is 44.5 Å². The van der Waals surface area contributed by atoms with Crippen molar-refractivity contribution >= 4 is 11.8 Å². The molecule has 0 aromatic carbocycles. The maximum absolute atomic E-state index is 11.4. The summed E-state index contributed by atoms with van der Waals surface area (Å²) >= 11 is 0. The molecule has 1 aliphatic carbocycles. The Morgan fingerprint density at radius 3 is 2.92 bits per heavy atom. The molecule has 1 saturated heterocycles. The van der Waals surface area contributed by atoms with E-state index in [1.54, 1.807) is 6.92 Å². The molecule has 0 radical (unpaired) electrons. The van der Waals surface area contributed by atoms with Crippen LogP contribution in [-0.4, -0.2) is 29.6 Å². The zero-order chi connectivity index (χ0) is 9.64. The van der Waals surface area contributed by atoms with Crippen molar-refractivity contribution in [2.24, 2.45) is 0 Å². The number of carbonyl (C=O) groups excluding carboxylic acids is 2. The molecule has 4 heteroatoms. The number of epoxide rings is 1. The minimum Gasteiger partial charge on any atom is -0.462 e. The Morgan fingerprint density at radius 1 is 1.69 bits per heavy atom. The van der Waals surface area contributed by atoms with Crippen molar-refractivity contribution in [1.82, 2.24) is 0 Å². The lowest BCUT2D eigenvalue weighted by Crippen LogP contribution is -2.36. The van der Waals surface area contributed by atoms with Crippen molar-refractivity contribution in [2.75, 3.05) is 0 Å². The second kappa shape index (κ2) is 2.54. The second-order valence-corrected chi connectivity index (χ2v) is 3.81. The van der Waals surface area contributed by atoms with Gasteiger partial charge in [-0.25, -0.2) is 0 Å². The molecule has 0 amide bonds. The third kappa shape index (κ3) is 1.35. The van der Waals surface area contributed by atoms with Gasteiger partial charge in [-0.15, -0.1) is 0 Å². The molecular weight excluding hydrogens is 172 g/mol. The summed E-state index contributed by atoms with van der Waals surface area (Å²) in [5.41, 5.74) is -0.559. The molecule has 1 heterocycles. The molecule has 1 saturated carbocycles. The zero-order valence-electron chi connectivity index (χ0n) is 7.70. The van der Waals surface area contributed by atoms with Crippen molar-refractivity contribution in [3.05, 3.63) is 0 Å². The van der Waals surface area contributed by atoms with E-state index in [1.165, 1.54) is 6.92 Å². The number of Topliss-reactive ketones (excluding diaryl/α,β-unsaturated/α-hetero) is 1. The van der Waals surface area contributed by atoms with Crippen LogP contribution in [0.1, 0.15) is 26.7 Å². The van der Waals surface area contributed by atoms with Crippen LogP contribution in [0.25, 0.3) is 0 Å². The van der Waals surface area contributed by atoms with E-state index < -0.39 is 5.60 Å². The van der Waals surface area contributed by atoms with Crippen LogP contribution in [0.15, 0.2) is 0 Å². The van der Waals surface area contributed by atoms with E-state index in [9.17, 15) is 9.59 Å². The van der Waals surface area contributed by atoms with Gasteiger partial charge in [0.05, 0.1) is 6.10 Å². The van der Waals surface area contributed by atoms with Crippen molar-refractivity contribution in [3.8, 4) is 0 Å². The van der Waals surface area contributed by atoms with Crippen LogP contribution in [0, 0.1) is 0 Å². The first-order valence-corrected chi connectivity index (χ1v) is 4.40. The highest BCUT2D eigenvalue weighted by Crippen LogP contribution is 2.45. The molecule has 0 unspecified atom stereocenters. The van der Waals surface area contributed by atoms with Crippen LogP contribution in [0.4, 0.5) is 0 Å². The van der Waals surface area contributed by atoms with Gasteiger partial charge in [0.1, 0.15) is 6.10 Å². The van der Waals surface area contributed by atoms with E-state index in [1.807, 2.05) is 0 Å². The van der Waals surface area contributed by atoms with E-state index >= 15 is 0 Å². The largest absolute Gasteiger partial charge is 0.462 e. The Kier molecular flexibility index (Phi) is 1.70. The molecule has 2 fully saturated rings. The van der Waals surface area contributed by atoms with Crippen LogP contribution in [-0.2, 0) is 19.1 Å². The van der Waals surface area contributed by atoms with Crippen molar-refractivity contribution < 1.29 is 19.1 Å². The topological polar surface area (TPSA) is 55.9 Å². The lowest BCUT2D eigenvalue weighted by Gasteiger charge is -2.20. The first kappa shape index (κ1) is 8.69. The Hall–Kier alpha value is -0.900. The third-order valence-corrected chi connectivity index (χ3v) is 2.72. The van der Waals surface area contributed by atoms with Crippen molar-refractivity contribution in [1.29, 1.82) is 0 Å². The van der Waals surface area contributed by atoms with E-state index in [0.29, 0.717) is 12.8 Å². The molecule has 13 heavy (non-hydrogen) atoms. The standard InChI is InChI=1S/C9H12O4/c1-5(10)12-6-3-7(11)9(2)8(4-6)13-9/h6,8H,3-4H2,1-2H3/t6-,8+,9-/m0/s1. The van der Waals surface area contributed by atoms with Crippen LogP contribution in [0.5, 0.6) is 0 Å². The Labute approximate surface area is 76.2 Å². The summed E-state index contributed by atoms with van der Waals surface area (Å²) in [7, 11) is 0. The first-order chi connectivity index (χ1) is 6.02. The summed E-state index contributed by atoms with van der Waals surface area (Å²) < 4.78 is 10.2. The monoisotopic (exact) mass is 184 g/mol. The van der Waals surface area contributed by atoms with E-state index in [4.69, 9.17) is 9.47 Å². The van der Waals surface area contributed by atoms with E-state index in [-0.39, 0.29) is 24.0 Å². The Morgan fingerprint density at radius 2 is 2.38 bits per heavy atom. The van der Waals surface area contributed by atoms with Gasteiger partial charge in [-0.2, -0.15) is 0 Å². The fraction of sp³-hybridized carbons (Fsp3) is 0.778. The smallest absolute Gasteiger partial charge is 0.302 e. The SMILES string of the molecule is CC(=O)O[C@H]1CC(=O)[C@]2(C)O[C@@H]2C1. The Bertz CT molecular complexity index is 273. The van der Waals surface area contributed by atoms with Gasteiger partial charge in [0.2, 0.25) is 0 Å². The number of esters is 1. The van der Waals surface area contributed by atoms with Gasteiger partial charge >= 0.3 is 5.97 Å². The van der Waals surface area contributed by atoms with Gasteiger partial charge in [0.15, 0.2) is 11.4 Å². The highest BCUT2D eigenvalue weighted by Gasteiger charge is 2.61. The second-order valence-electron chi connectivity index (χ2n) is 3.81. The summed E-state index contributed by atoms with van der Waals surface area (Å²) in [6.07, 6.45) is 0.651. The Balaban J connectivity index is 1.98. The molecule has 3 atom stereocenters. The number of ether oxygens (including phenoxy) is 2. The molecule has 2 rings (SSSR count). The number of carbonyl (C=O) groups is 2. The third-order valence-electron chi connectivity index (χ3n) is 2.72. The zero-order valence-corrected chi connectivity index (χ0v) is 7.70. The van der Waals surface area contributed by atoms with Gasteiger partial charge in [0, 0.05) is 19.8 Å². The number of rotatable bonds is 1. The average molecular weight is 184 g/mol. The number of hydrogen-bond donors (Lipinski definition) is 0. The first-order valence-electron chi connectivity index (χ1n) is 4.40. The van der Waals surface area contributed by atoms with E-state index in [0.717, 1.165) is 0 Å². The number of ketones is 1. The molecule has 2 aliphatic rings. The summed E-state index contributed by atoms with van der Waals surface area (Å²) in [4.78, 5) is 22.1. The van der Waals surface area contributed by atoms with E-state index in [2.05, 4.69) is 0 Å². The van der Waals surface area contributed by atoms with Gasteiger partial charge < -0.3 is 9.47 Å². The average Bonchev–Trinajstić information content (AvgIpc) is 2.61. The molecular formula is C9H12O4. The van der Waals surface area contributed by atoms with Crippen LogP contribution < -0.4 is 0 Å². The molecule has 0 bridgehead atoms. The lowest BCUT2D eigenvalue weighted by atomic mass is 9.87. The molecule has 72 valence electrons. The number of fused-ring (bicyclic) bond motifs is 1. The minimum atomic E-state index is -0.559. The maximum atomic E-state index is 11.4. The highest BCUT2D eigenvalue weighted by molar-refractivity contribution is 5.91. The predicted molar refractivity (Wildman–Crippen MR) is 43.1 cm³/mol. The normalized spacial score (nSPS) is 42.5. The molecule has 0 aromatic heterocycles. The summed E-state index contributed by atoms with van der Waals surface area (Å²) in [6, 6.07) is 0. The van der Waals surface area contributed by atoms with Crippen LogP contribution in [0.2, 0.25) is 0 Å². The summed E-state index contributed by atoms with van der Waals surface area (Å²) in [5, 5.41) is 0. The van der Waals surface area contributed by atoms with Crippen LogP contribution in [0.3, 0.4) is 0 Å². The fourth-order valence-corrected chi connectivity index (χ4v) is 1.84. The summed E-state index contributed by atoms with van der Waals surface area (Å²) in [6.45, 7) is 3.15. The molecule has 4 nitrogen and oxygen atoms in total. The molecule has 0 N–H and O–H groups in total. The van der Waals surface area contributed by atoms with Crippen LogP contribution >= 0.6 is 0 Å². The van der Waals surface area contributed by atoms with Gasteiger partial charge in [-0.1, -0.05) is 0 Å². The quantitative estimate of drug-likeness (QED) is 0.438. The van der Waals surface area contributed by atoms with Gasteiger partial charge in [-0.3, -0.25) is 9.59 Å². The summed E-state index contributed by atoms with van der Waals surface area (Å²) in [5.74, 6) is -0.281. The van der Waals surface area contributed by atoms with Crippen molar-refractivity contribution in [3.63, 3.8) is 0 Å². The molecule has 1 aliphatic heterocycles. The van der Waals surface area contributed by atoms with Gasteiger partial charge in [-0.05, 0) is 6.92 Å². The minimum absolute atomic E-state index is 0.0295. The number of hydrogen-bond acceptors (Lipinski definition) is 4. The fourth-order valence-electron chi connectivity index (χ4n) is 1.84. The lowest BCUT2D eigenvalue weighted by molar-refractivity contribution is -0.149. The maximum Gasteiger partial charge on any atom is 0.302 e. The molecule has 0 aromatic rings. The van der Waals surface area contributed by atoms with Gasteiger partial charge in [0.25, 0.3) is 0 Å². The molecule has 0 spiro atoms. The predicted octanol–water partition coefficient (Wildman–Crippen LogP) is 0.438.